The molecule has 0 saturated heterocycles. The summed E-state index contributed by atoms with van der Waals surface area (Å²) in [7, 11) is 1.62. The number of carbonyl (C=O) groups is 1. The number of nitrogens with zero attached hydrogens (tertiary/aromatic N) is 3. The van der Waals surface area contributed by atoms with E-state index in [0.29, 0.717) is 33.1 Å². The lowest BCUT2D eigenvalue weighted by atomic mass is 10.1. The zero-order valence-corrected chi connectivity index (χ0v) is 19.1. The minimum Gasteiger partial charge on any atom is -0.497 e. The monoisotopic (exact) mass is 479 g/mol. The van der Waals surface area contributed by atoms with E-state index in [0.717, 1.165) is 17.0 Å². The van der Waals surface area contributed by atoms with E-state index < -0.39 is 0 Å². The third-order valence-electron chi connectivity index (χ3n) is 5.09. The fourth-order valence-electron chi connectivity index (χ4n) is 3.40. The van der Waals surface area contributed by atoms with Crippen molar-refractivity contribution < 1.29 is 19.0 Å². The van der Waals surface area contributed by atoms with Crippen LogP contribution in [0.4, 0.5) is 0 Å². The number of rotatable bonds is 7. The lowest BCUT2D eigenvalue weighted by Crippen LogP contribution is -2.05. The first kappa shape index (κ1) is 21.4. The number of thioether (sulfide) groups is 1. The number of ether oxygens (including phenoxy) is 3. The predicted octanol–water partition coefficient (Wildman–Crippen LogP) is 5.30. The van der Waals surface area contributed by atoms with Gasteiger partial charge in [-0.2, -0.15) is 0 Å². The number of methoxy groups -OCH3 is 1. The van der Waals surface area contributed by atoms with Gasteiger partial charge in [0.1, 0.15) is 5.75 Å². The molecule has 0 atom stereocenters. The lowest BCUT2D eigenvalue weighted by molar-refractivity contribution is 0.102. The average molecular weight is 480 g/mol. The molecule has 2 heterocycles. The molecule has 3 aromatic carbocycles. The van der Waals surface area contributed by atoms with Crippen molar-refractivity contribution >= 4 is 29.1 Å². The van der Waals surface area contributed by atoms with Gasteiger partial charge in [-0.05, 0) is 66.7 Å². The molecule has 33 heavy (non-hydrogen) atoms. The summed E-state index contributed by atoms with van der Waals surface area (Å²) in [4.78, 5) is 12.9. The first-order valence-electron chi connectivity index (χ1n) is 10.0. The second kappa shape index (κ2) is 9.17. The van der Waals surface area contributed by atoms with Crippen LogP contribution in [0.3, 0.4) is 0 Å². The molecule has 0 unspecified atom stereocenters. The zero-order valence-electron chi connectivity index (χ0n) is 17.5. The Morgan fingerprint density at radius 2 is 1.79 bits per heavy atom. The van der Waals surface area contributed by atoms with Crippen molar-refractivity contribution in [2.75, 3.05) is 19.7 Å². The highest BCUT2D eigenvalue weighted by Gasteiger charge is 2.20. The van der Waals surface area contributed by atoms with Gasteiger partial charge < -0.3 is 14.2 Å². The largest absolute Gasteiger partial charge is 0.497 e. The highest BCUT2D eigenvalue weighted by Crippen LogP contribution is 2.34. The summed E-state index contributed by atoms with van der Waals surface area (Å²) in [5.41, 5.74) is 2.26. The second-order valence-corrected chi connectivity index (χ2v) is 8.51. The maximum absolute atomic E-state index is 12.9. The van der Waals surface area contributed by atoms with E-state index in [1.54, 1.807) is 37.4 Å². The van der Waals surface area contributed by atoms with Crippen LogP contribution in [0.15, 0.2) is 71.9 Å². The molecular formula is C24H18ClN3O4S. The van der Waals surface area contributed by atoms with Crippen LogP contribution in [0.5, 0.6) is 17.2 Å². The van der Waals surface area contributed by atoms with E-state index in [4.69, 9.17) is 25.8 Å². The molecular weight excluding hydrogens is 462 g/mol. The fourth-order valence-corrected chi connectivity index (χ4v) is 4.37. The molecule has 9 heteroatoms. The summed E-state index contributed by atoms with van der Waals surface area (Å²) < 4.78 is 17.9. The molecule has 0 bridgehead atoms. The van der Waals surface area contributed by atoms with Gasteiger partial charge in [0, 0.05) is 21.8 Å². The first-order valence-corrected chi connectivity index (χ1v) is 11.4. The fraction of sp³-hybridized carbons (Fsp3) is 0.125. The number of ketones is 1. The molecule has 166 valence electrons. The van der Waals surface area contributed by atoms with Crippen molar-refractivity contribution in [3.63, 3.8) is 0 Å². The van der Waals surface area contributed by atoms with Gasteiger partial charge >= 0.3 is 0 Å². The van der Waals surface area contributed by atoms with Crippen molar-refractivity contribution in [3.8, 4) is 34.3 Å². The topological polar surface area (TPSA) is 75.5 Å². The molecule has 0 aliphatic carbocycles. The molecule has 0 radical (unpaired) electrons. The Kier molecular flexibility index (Phi) is 5.93. The van der Waals surface area contributed by atoms with Gasteiger partial charge in [-0.3, -0.25) is 9.36 Å². The van der Waals surface area contributed by atoms with Gasteiger partial charge in [-0.15, -0.1) is 10.2 Å². The molecule has 0 N–H and O–H groups in total. The summed E-state index contributed by atoms with van der Waals surface area (Å²) in [6, 6.07) is 20.2. The normalized spacial score (nSPS) is 12.1. The van der Waals surface area contributed by atoms with Crippen LogP contribution in [-0.4, -0.2) is 40.2 Å². The minimum atomic E-state index is -0.0463. The van der Waals surface area contributed by atoms with Crippen LogP contribution in [-0.2, 0) is 0 Å². The summed E-state index contributed by atoms with van der Waals surface area (Å²) in [6.45, 7) is 0.167. The summed E-state index contributed by atoms with van der Waals surface area (Å²) in [5, 5.41) is 10.0. The van der Waals surface area contributed by atoms with Crippen LogP contribution < -0.4 is 14.2 Å². The van der Waals surface area contributed by atoms with Gasteiger partial charge in [0.25, 0.3) is 0 Å². The van der Waals surface area contributed by atoms with E-state index in [1.165, 1.54) is 11.8 Å². The number of Topliss-reactive ketones (excluding diaryl/α,β-unsaturated/α-hetero) is 1. The van der Waals surface area contributed by atoms with E-state index in [9.17, 15) is 4.79 Å². The van der Waals surface area contributed by atoms with Crippen molar-refractivity contribution in [2.45, 2.75) is 5.16 Å². The first-order chi connectivity index (χ1) is 16.1. The molecule has 5 rings (SSSR count). The number of hydrogen-bond donors (Lipinski definition) is 0. The maximum Gasteiger partial charge on any atom is 0.231 e. The van der Waals surface area contributed by atoms with Crippen LogP contribution in [0.1, 0.15) is 10.4 Å². The van der Waals surface area contributed by atoms with Crippen molar-refractivity contribution in [2.24, 2.45) is 0 Å². The van der Waals surface area contributed by atoms with Crippen LogP contribution in [0.25, 0.3) is 17.1 Å². The SMILES string of the molecule is COc1ccc(-c2nnc(SCC(=O)c3ccc4c(c3)OCO4)n2-c2ccc(Cl)cc2)cc1. The van der Waals surface area contributed by atoms with Crippen LogP contribution in [0, 0.1) is 0 Å². The highest BCUT2D eigenvalue weighted by atomic mass is 35.5. The Morgan fingerprint density at radius 3 is 2.55 bits per heavy atom. The number of carbonyl (C=O) groups excluding carboxylic acids is 1. The average Bonchev–Trinajstić information content (AvgIpc) is 3.49. The molecule has 7 nitrogen and oxygen atoms in total. The van der Waals surface area contributed by atoms with Crippen molar-refractivity contribution in [1.82, 2.24) is 14.8 Å². The lowest BCUT2D eigenvalue weighted by Gasteiger charge is -2.11. The summed E-state index contributed by atoms with van der Waals surface area (Å²) in [5.74, 6) is 2.77. The maximum atomic E-state index is 12.9. The van der Waals surface area contributed by atoms with Gasteiger partial charge in [-0.25, -0.2) is 0 Å². The number of halogens is 1. The van der Waals surface area contributed by atoms with E-state index >= 15 is 0 Å². The molecule has 4 aromatic rings. The number of benzene rings is 3. The van der Waals surface area contributed by atoms with Crippen molar-refractivity contribution in [1.29, 1.82) is 0 Å². The van der Waals surface area contributed by atoms with Gasteiger partial charge in [-0.1, -0.05) is 23.4 Å². The summed E-state index contributed by atoms with van der Waals surface area (Å²) >= 11 is 7.41. The second-order valence-electron chi connectivity index (χ2n) is 7.13. The molecule has 0 fully saturated rings. The predicted molar refractivity (Wildman–Crippen MR) is 126 cm³/mol. The third-order valence-corrected chi connectivity index (χ3v) is 6.27. The number of fused-ring (bicyclic) bond motifs is 1. The molecule has 0 amide bonds. The molecule has 1 aromatic heterocycles. The Bertz CT molecular complexity index is 1310. The number of aromatic nitrogens is 3. The van der Waals surface area contributed by atoms with Gasteiger partial charge in [0.2, 0.25) is 6.79 Å². The number of hydrogen-bond acceptors (Lipinski definition) is 7. The Labute approximate surface area is 199 Å². The van der Waals surface area contributed by atoms with Crippen LogP contribution in [0.2, 0.25) is 5.02 Å². The molecule has 1 aliphatic heterocycles. The highest BCUT2D eigenvalue weighted by molar-refractivity contribution is 7.99. The standard InChI is InChI=1S/C24H18ClN3O4S/c1-30-19-9-2-15(3-10-19)23-26-27-24(28(23)18-7-5-17(25)6-8-18)33-13-20(29)16-4-11-21-22(12-16)32-14-31-21/h2-12H,13-14H2,1H3. The Hall–Kier alpha value is -3.49. The molecule has 0 saturated carbocycles. The van der Waals surface area contributed by atoms with Gasteiger partial charge in [0.05, 0.1) is 12.9 Å². The molecule has 1 aliphatic rings. The zero-order chi connectivity index (χ0) is 22.8. The Balaban J connectivity index is 1.44. The quantitative estimate of drug-likeness (QED) is 0.263. The van der Waals surface area contributed by atoms with E-state index in [2.05, 4.69) is 10.2 Å². The molecule has 0 spiro atoms. The van der Waals surface area contributed by atoms with Gasteiger partial charge in [0.15, 0.2) is 28.3 Å². The van der Waals surface area contributed by atoms with Crippen LogP contribution >= 0.6 is 23.4 Å². The summed E-state index contributed by atoms with van der Waals surface area (Å²) in [6.07, 6.45) is 0. The van der Waals surface area contributed by atoms with E-state index in [-0.39, 0.29) is 18.3 Å². The Morgan fingerprint density at radius 1 is 1.03 bits per heavy atom. The smallest absolute Gasteiger partial charge is 0.231 e. The van der Waals surface area contributed by atoms with Crippen molar-refractivity contribution in [3.05, 3.63) is 77.3 Å². The minimum absolute atomic E-state index is 0.0463. The van der Waals surface area contributed by atoms with E-state index in [1.807, 2.05) is 41.0 Å². The third kappa shape index (κ3) is 4.40.